The molecular weight excluding hydrogens is 1020 g/mol. The Morgan fingerprint density at radius 3 is 2.26 bits per heavy atom. The number of methoxy groups -OCH3 is 2. The van der Waals surface area contributed by atoms with Gasteiger partial charge in [0.05, 0.1) is 53.6 Å². The number of carboxylic acid groups (broad SMARTS) is 1. The first-order chi connectivity index (χ1) is 36.5. The largest absolute Gasteiger partial charge is 0.477 e. The number of rotatable bonds is 20. The number of hydrogen-bond donors (Lipinski definition) is 6. The number of pyridine rings is 1. The minimum Gasteiger partial charge on any atom is -0.477 e. The minimum atomic E-state index is -2.12. The van der Waals surface area contributed by atoms with Gasteiger partial charge in [-0.25, -0.2) is 4.79 Å². The number of cyclic esters (lactones) is 1. The van der Waals surface area contributed by atoms with Crippen molar-refractivity contribution in [1.82, 2.24) is 14.9 Å². The zero-order valence-electron chi connectivity index (χ0n) is 48.3. The lowest BCUT2D eigenvalue weighted by atomic mass is 9.75. The highest BCUT2D eigenvalue weighted by Crippen LogP contribution is 2.41. The van der Waals surface area contributed by atoms with Crippen LogP contribution in [0.2, 0.25) is 0 Å². The van der Waals surface area contributed by atoms with E-state index in [0.717, 1.165) is 5.56 Å². The Bertz CT molecular complexity index is 2420. The molecule has 78 heavy (non-hydrogen) atoms. The van der Waals surface area contributed by atoms with E-state index in [0.29, 0.717) is 43.3 Å². The second kappa shape index (κ2) is 27.4. The quantitative estimate of drug-likeness (QED) is 0.0481. The Morgan fingerprint density at radius 2 is 1.64 bits per heavy atom. The fourth-order valence-electron chi connectivity index (χ4n) is 11.3. The van der Waals surface area contributed by atoms with Crippen LogP contribution < -0.4 is 15.8 Å². The maximum atomic E-state index is 14.6. The second-order valence-corrected chi connectivity index (χ2v) is 22.6. The number of hydrogen-bond acceptors (Lipinski definition) is 21. The zero-order valence-corrected chi connectivity index (χ0v) is 48.3. The Morgan fingerprint density at radius 1 is 0.949 bits per heavy atom. The Kier molecular flexibility index (Phi) is 22.6. The smallest absolute Gasteiger partial charge is 0.341 e. The van der Waals surface area contributed by atoms with Gasteiger partial charge < -0.3 is 83.5 Å². The highest BCUT2D eigenvalue weighted by Gasteiger charge is 2.54. The summed E-state index contributed by atoms with van der Waals surface area (Å²) in [5.74, 6) is -5.51. The first kappa shape index (κ1) is 64.5. The lowest BCUT2D eigenvalue weighted by Gasteiger charge is -2.49. The molecule has 3 saturated heterocycles. The normalized spacial score (nSPS) is 35.8. The van der Waals surface area contributed by atoms with Crippen LogP contribution >= 0.6 is 0 Å². The zero-order chi connectivity index (χ0) is 58.2. The molecule has 4 heterocycles. The van der Waals surface area contributed by atoms with Crippen LogP contribution in [0.5, 0.6) is 0 Å². The number of oxime groups is 1. The second-order valence-electron chi connectivity index (χ2n) is 22.6. The predicted molar refractivity (Wildman–Crippen MR) is 287 cm³/mol. The molecule has 0 aliphatic carbocycles. The maximum absolute atomic E-state index is 14.6. The fraction of sp³-hybridized carbons (Fsp3) is 0.764. The Hall–Kier alpha value is -4.37. The van der Waals surface area contributed by atoms with Crippen molar-refractivity contribution in [2.75, 3.05) is 67.3 Å². The molecule has 2 aromatic rings. The standard InChI is InChI=1S/C55H89N5O18/c1-16-40-55(9,69)47(64)43(57-72-29-70-14)30(2)26-53(7,68)48(78-52-45(63)39(58(10)11)24-31(3)73-52)32(4)46(33(5)51(67)75-40)77-42-27-54(8,71-15)49(34(6)74-42)76-41(61)21-23-56-22-17-18-35-19-20-38-36(25-35)44(62)37(50(65)66)28-60(38)59(12)13/h19-20,25,28,30-34,39-40,42,45-49,52,56,63-64,68-69H,16-18,21-24,26-27,29H2,1-15H3,(H,65,66)/b57-43+/t30-,31-,32+,33-,34+,39+,40-,42+,45-,46+,47-,48-,49+,52+,53-,54-,55-/m1/s1. The summed E-state index contributed by atoms with van der Waals surface area (Å²) < 4.78 is 51.3. The number of ether oxygens (including phenoxy) is 8. The van der Waals surface area contributed by atoms with Gasteiger partial charge in [0.1, 0.15) is 35.1 Å². The number of nitrogens with one attached hydrogen (secondary N) is 1. The SMILES string of the molecule is CC[C@H]1OC(=O)[C@H](C)[C@@H](O[C@H]2C[C@@](C)(OC)[C@@H](OC(=O)CCNCCCc3ccc4c(c3)c(=O)c(C(=O)O)cn4N(C)C)[C@H](C)O2)[C@H](C)[C@@H](O[C@@H]2O[C@H](C)C[C@H](N(C)C)[C@H]2O)[C@](C)(O)C[C@@H](C)/C(=N\OCOC)[C@@H](O)[C@]1(C)O. The molecule has 442 valence electrons. The molecule has 23 nitrogen and oxygen atoms in total. The summed E-state index contributed by atoms with van der Waals surface area (Å²) in [5, 5.41) is 67.6. The van der Waals surface area contributed by atoms with Crippen molar-refractivity contribution in [3.8, 4) is 0 Å². The van der Waals surface area contributed by atoms with Crippen molar-refractivity contribution in [2.24, 2.45) is 22.9 Å². The maximum Gasteiger partial charge on any atom is 0.341 e. The average molecular weight is 1110 g/mol. The van der Waals surface area contributed by atoms with Gasteiger partial charge in [0.15, 0.2) is 18.7 Å². The molecule has 0 amide bonds. The number of aryl methyl sites for hydroxylation is 1. The minimum absolute atomic E-state index is 0.00954. The molecular formula is C55H89N5O18. The van der Waals surface area contributed by atoms with Crippen LogP contribution in [-0.2, 0) is 58.7 Å². The third kappa shape index (κ3) is 15.1. The van der Waals surface area contributed by atoms with E-state index < -0.39 is 113 Å². The number of benzene rings is 1. The highest BCUT2D eigenvalue weighted by atomic mass is 16.7. The molecule has 6 N–H and O–H groups in total. The molecule has 5 rings (SSSR count). The molecule has 3 aliphatic heterocycles. The first-order valence-electron chi connectivity index (χ1n) is 27.1. The van der Waals surface area contributed by atoms with Gasteiger partial charge in [0.2, 0.25) is 12.2 Å². The highest BCUT2D eigenvalue weighted by molar-refractivity contribution is 5.93. The summed E-state index contributed by atoms with van der Waals surface area (Å²) in [7, 11) is 10.1. The molecule has 3 aliphatic rings. The summed E-state index contributed by atoms with van der Waals surface area (Å²) in [6, 6.07) is 5.04. The van der Waals surface area contributed by atoms with E-state index in [1.54, 1.807) is 77.5 Å². The van der Waals surface area contributed by atoms with Crippen LogP contribution in [0.3, 0.4) is 0 Å². The van der Waals surface area contributed by atoms with Crippen LogP contribution in [0.25, 0.3) is 10.9 Å². The van der Waals surface area contributed by atoms with Crippen molar-refractivity contribution in [2.45, 2.75) is 192 Å². The summed E-state index contributed by atoms with van der Waals surface area (Å²) in [6.07, 6.45) is -8.06. The molecule has 0 saturated carbocycles. The van der Waals surface area contributed by atoms with Crippen LogP contribution in [0.1, 0.15) is 117 Å². The van der Waals surface area contributed by atoms with Crippen molar-refractivity contribution in [3.05, 3.63) is 45.7 Å². The van der Waals surface area contributed by atoms with Crippen molar-refractivity contribution in [1.29, 1.82) is 0 Å². The molecule has 17 atom stereocenters. The van der Waals surface area contributed by atoms with Crippen LogP contribution in [0.15, 0.2) is 34.3 Å². The third-order valence-electron chi connectivity index (χ3n) is 15.7. The predicted octanol–water partition coefficient (Wildman–Crippen LogP) is 2.93. The van der Waals surface area contributed by atoms with Crippen molar-refractivity contribution < 1.29 is 82.6 Å². The van der Waals surface area contributed by atoms with Crippen molar-refractivity contribution >= 4 is 34.5 Å². The van der Waals surface area contributed by atoms with Crippen LogP contribution in [0, 0.1) is 17.8 Å². The van der Waals surface area contributed by atoms with E-state index in [2.05, 4.69) is 10.5 Å². The van der Waals surface area contributed by atoms with E-state index in [-0.39, 0.29) is 55.9 Å². The molecule has 0 bridgehead atoms. The number of aliphatic hydroxyl groups is 4. The van der Waals surface area contributed by atoms with Gasteiger partial charge in [0, 0.05) is 70.7 Å². The monoisotopic (exact) mass is 1110 g/mol. The number of aromatic carboxylic acids is 1. The van der Waals surface area contributed by atoms with Gasteiger partial charge in [-0.2, -0.15) is 0 Å². The average Bonchev–Trinajstić information content (AvgIpc) is 3.38. The number of carbonyl (C=O) groups excluding carboxylic acids is 2. The molecule has 23 heteroatoms. The summed E-state index contributed by atoms with van der Waals surface area (Å²) >= 11 is 0. The third-order valence-corrected chi connectivity index (χ3v) is 15.7. The molecule has 0 unspecified atom stereocenters. The number of likely N-dealkylation sites (N-methyl/N-ethyl adjacent to an activating group) is 1. The topological polar surface area (TPSA) is 288 Å². The van der Waals surface area contributed by atoms with Gasteiger partial charge in [-0.3, -0.25) is 19.1 Å². The molecule has 3 fully saturated rings. The summed E-state index contributed by atoms with van der Waals surface area (Å²) in [5.41, 5.74) is -4.65. The van der Waals surface area contributed by atoms with E-state index in [9.17, 15) is 44.7 Å². The number of nitrogens with zero attached hydrogens (tertiary/aromatic N) is 4. The molecule has 1 aromatic heterocycles. The van der Waals surface area contributed by atoms with E-state index in [1.807, 2.05) is 32.0 Å². The summed E-state index contributed by atoms with van der Waals surface area (Å²) in [4.78, 5) is 60.2. The Labute approximate surface area is 458 Å². The van der Waals surface area contributed by atoms with E-state index >= 15 is 0 Å². The molecule has 0 spiro atoms. The van der Waals surface area contributed by atoms with Crippen LogP contribution in [0.4, 0.5) is 0 Å². The number of carbonyl (C=O) groups is 3. The first-order valence-corrected chi connectivity index (χ1v) is 27.1. The molecule has 0 radical (unpaired) electrons. The number of esters is 2. The van der Waals surface area contributed by atoms with Crippen molar-refractivity contribution in [3.63, 3.8) is 0 Å². The lowest BCUT2D eigenvalue weighted by molar-refractivity contribution is -0.318. The van der Waals surface area contributed by atoms with E-state index in [4.69, 9.17) is 42.7 Å². The van der Waals surface area contributed by atoms with Gasteiger partial charge in [0.25, 0.3) is 0 Å². The number of aliphatic hydroxyl groups excluding tert-OH is 2. The lowest BCUT2D eigenvalue weighted by Crippen LogP contribution is -2.61. The van der Waals surface area contributed by atoms with Gasteiger partial charge in [-0.15, -0.1) is 0 Å². The number of carboxylic acids is 1. The van der Waals surface area contributed by atoms with E-state index in [1.165, 1.54) is 34.3 Å². The van der Waals surface area contributed by atoms with Crippen LogP contribution in [-0.4, -0.2) is 205 Å². The van der Waals surface area contributed by atoms with Gasteiger partial charge in [-0.05, 0) is 112 Å². The fourth-order valence-corrected chi connectivity index (χ4v) is 11.3. The number of fused-ring (bicyclic) bond motifs is 1. The molecule has 1 aromatic carbocycles. The Balaban J connectivity index is 1.35. The number of aromatic nitrogens is 1. The summed E-state index contributed by atoms with van der Waals surface area (Å²) in [6.45, 7) is 15.5. The van der Waals surface area contributed by atoms with Gasteiger partial charge >= 0.3 is 17.9 Å². The van der Waals surface area contributed by atoms with Gasteiger partial charge in [-0.1, -0.05) is 32.0 Å².